The van der Waals surface area contributed by atoms with Crippen LogP contribution in [0.5, 0.6) is 0 Å². The Balaban J connectivity index is 1.61. The number of nitrogens with one attached hydrogen (secondary N) is 2. The Morgan fingerprint density at radius 3 is 2.36 bits per heavy atom. The highest BCUT2D eigenvalue weighted by Gasteiger charge is 2.35. The molecule has 25 heavy (non-hydrogen) atoms. The van der Waals surface area contributed by atoms with E-state index in [1.807, 2.05) is 18.2 Å². The first-order chi connectivity index (χ1) is 12.1. The van der Waals surface area contributed by atoms with Crippen LogP contribution in [0.4, 0.5) is 10.5 Å². The van der Waals surface area contributed by atoms with Gasteiger partial charge in [0.15, 0.2) is 0 Å². The molecule has 2 aromatic carbocycles. The fraction of sp³-hybridized carbons (Fsp3) is 0.278. The number of nitrogens with zero attached hydrogens (tertiary/aromatic N) is 1. The first-order valence-corrected chi connectivity index (χ1v) is 9.68. The van der Waals surface area contributed by atoms with Crippen molar-refractivity contribution in [2.24, 2.45) is 0 Å². The van der Waals surface area contributed by atoms with Crippen molar-refractivity contribution < 1.29 is 13.2 Å². The Bertz CT molecular complexity index is 810. The Kier molecular flexibility index (Phi) is 5.35. The Labute approximate surface area is 147 Å². The van der Waals surface area contributed by atoms with Crippen LogP contribution in [0.2, 0.25) is 0 Å². The van der Waals surface area contributed by atoms with E-state index in [2.05, 4.69) is 10.6 Å². The molecule has 7 heteroatoms. The van der Waals surface area contributed by atoms with Crippen molar-refractivity contribution in [3.8, 4) is 0 Å². The predicted octanol–water partition coefficient (Wildman–Crippen LogP) is 2.66. The van der Waals surface area contributed by atoms with Crippen molar-refractivity contribution in [3.63, 3.8) is 0 Å². The van der Waals surface area contributed by atoms with E-state index in [0.717, 1.165) is 12.8 Å². The van der Waals surface area contributed by atoms with Crippen LogP contribution in [-0.2, 0) is 10.0 Å². The van der Waals surface area contributed by atoms with Gasteiger partial charge in [-0.1, -0.05) is 36.4 Å². The number of benzene rings is 2. The molecular formula is C18H21N3O3S. The number of carbonyl (C=O) groups excluding carboxylic acids is 1. The van der Waals surface area contributed by atoms with E-state index < -0.39 is 10.0 Å². The molecule has 2 amide bonds. The molecule has 6 nitrogen and oxygen atoms in total. The highest BCUT2D eigenvalue weighted by atomic mass is 32.2. The van der Waals surface area contributed by atoms with Crippen molar-refractivity contribution in [2.45, 2.75) is 23.8 Å². The summed E-state index contributed by atoms with van der Waals surface area (Å²) in [5.41, 5.74) is 0.695. The minimum Gasteiger partial charge on any atom is -0.336 e. The summed E-state index contributed by atoms with van der Waals surface area (Å²) in [6, 6.07) is 17.0. The second-order valence-electron chi connectivity index (χ2n) is 5.93. The van der Waals surface area contributed by atoms with Crippen LogP contribution in [0, 0.1) is 0 Å². The third-order valence-corrected chi connectivity index (χ3v) is 6.17. The summed E-state index contributed by atoms with van der Waals surface area (Å²) in [6.45, 7) is 0.759. The molecule has 1 aliphatic rings. The van der Waals surface area contributed by atoms with E-state index in [4.69, 9.17) is 0 Å². The van der Waals surface area contributed by atoms with Crippen molar-refractivity contribution in [2.75, 3.05) is 18.4 Å². The van der Waals surface area contributed by atoms with Gasteiger partial charge in [-0.15, -0.1) is 0 Å². The van der Waals surface area contributed by atoms with Crippen molar-refractivity contribution in [1.29, 1.82) is 0 Å². The average Bonchev–Trinajstić information content (AvgIpc) is 3.11. The molecule has 1 atom stereocenters. The highest BCUT2D eigenvalue weighted by molar-refractivity contribution is 7.89. The van der Waals surface area contributed by atoms with Crippen molar-refractivity contribution in [3.05, 3.63) is 60.7 Å². The van der Waals surface area contributed by atoms with Crippen LogP contribution in [0.3, 0.4) is 0 Å². The molecule has 0 aromatic heterocycles. The second kappa shape index (κ2) is 7.67. The lowest BCUT2D eigenvalue weighted by atomic mass is 10.2. The monoisotopic (exact) mass is 359 g/mol. The van der Waals surface area contributed by atoms with Gasteiger partial charge in [-0.05, 0) is 37.1 Å². The summed E-state index contributed by atoms with van der Waals surface area (Å²) in [7, 11) is -3.53. The van der Waals surface area contributed by atoms with Gasteiger partial charge in [-0.2, -0.15) is 4.31 Å². The third-order valence-electron chi connectivity index (χ3n) is 4.20. The number of carbonyl (C=O) groups is 1. The maximum Gasteiger partial charge on any atom is 0.319 e. The van der Waals surface area contributed by atoms with E-state index in [-0.39, 0.29) is 23.5 Å². The average molecular weight is 359 g/mol. The zero-order valence-corrected chi connectivity index (χ0v) is 14.6. The fourth-order valence-electron chi connectivity index (χ4n) is 2.96. The van der Waals surface area contributed by atoms with Gasteiger partial charge in [0.2, 0.25) is 10.0 Å². The number of hydrogen-bond acceptors (Lipinski definition) is 3. The number of anilines is 1. The van der Waals surface area contributed by atoms with Gasteiger partial charge < -0.3 is 10.6 Å². The maximum atomic E-state index is 12.8. The van der Waals surface area contributed by atoms with Gasteiger partial charge in [-0.25, -0.2) is 13.2 Å². The standard InChI is InChI=1S/C18H21N3O3S/c22-18(20-15-8-3-1-4-9-15)19-14-16-10-7-13-21(16)25(23,24)17-11-5-2-6-12-17/h1-6,8-9,11-12,16H,7,10,13-14H2,(H2,19,20,22)/t16-/m0/s1. The zero-order chi connectivity index (χ0) is 17.7. The van der Waals surface area contributed by atoms with Gasteiger partial charge in [0.05, 0.1) is 4.90 Å². The largest absolute Gasteiger partial charge is 0.336 e. The molecule has 1 aliphatic heterocycles. The quantitative estimate of drug-likeness (QED) is 0.861. The number of urea groups is 1. The lowest BCUT2D eigenvalue weighted by Gasteiger charge is -2.24. The number of para-hydroxylation sites is 1. The summed E-state index contributed by atoms with van der Waals surface area (Å²) in [6.07, 6.45) is 1.52. The van der Waals surface area contributed by atoms with Crippen LogP contribution in [0.1, 0.15) is 12.8 Å². The summed E-state index contributed by atoms with van der Waals surface area (Å²) >= 11 is 0. The number of rotatable bonds is 5. The van der Waals surface area contributed by atoms with Crippen LogP contribution in [0.25, 0.3) is 0 Å². The molecule has 1 heterocycles. The summed E-state index contributed by atoms with van der Waals surface area (Å²) in [5, 5.41) is 5.50. The van der Waals surface area contributed by atoms with E-state index in [0.29, 0.717) is 12.2 Å². The molecule has 2 N–H and O–H groups in total. The topological polar surface area (TPSA) is 78.5 Å². The lowest BCUT2D eigenvalue weighted by molar-refractivity contribution is 0.249. The lowest BCUT2D eigenvalue weighted by Crippen LogP contribution is -2.44. The Hall–Kier alpha value is -2.38. The maximum absolute atomic E-state index is 12.8. The number of amides is 2. The summed E-state index contributed by atoms with van der Waals surface area (Å²) < 4.78 is 27.0. The molecule has 1 saturated heterocycles. The smallest absolute Gasteiger partial charge is 0.319 e. The summed E-state index contributed by atoms with van der Waals surface area (Å²) in [5.74, 6) is 0. The molecule has 0 bridgehead atoms. The third kappa shape index (κ3) is 4.18. The van der Waals surface area contributed by atoms with Gasteiger partial charge in [0.1, 0.15) is 0 Å². The zero-order valence-electron chi connectivity index (χ0n) is 13.8. The Morgan fingerprint density at radius 1 is 1.04 bits per heavy atom. The highest BCUT2D eigenvalue weighted by Crippen LogP contribution is 2.25. The molecular weight excluding hydrogens is 338 g/mol. The Morgan fingerprint density at radius 2 is 1.68 bits per heavy atom. The molecule has 0 unspecified atom stereocenters. The van der Waals surface area contributed by atoms with E-state index in [9.17, 15) is 13.2 Å². The van der Waals surface area contributed by atoms with Gasteiger partial charge in [-0.3, -0.25) is 0 Å². The van der Waals surface area contributed by atoms with Gasteiger partial charge in [0.25, 0.3) is 0 Å². The van der Waals surface area contributed by atoms with Crippen molar-refractivity contribution >= 4 is 21.7 Å². The van der Waals surface area contributed by atoms with Crippen LogP contribution in [0.15, 0.2) is 65.6 Å². The second-order valence-corrected chi connectivity index (χ2v) is 7.82. The van der Waals surface area contributed by atoms with E-state index >= 15 is 0 Å². The molecule has 132 valence electrons. The molecule has 0 spiro atoms. The van der Waals surface area contributed by atoms with Gasteiger partial charge in [0, 0.05) is 24.8 Å². The minimum atomic E-state index is -3.53. The normalized spacial score (nSPS) is 18.0. The molecule has 2 aromatic rings. The fourth-order valence-corrected chi connectivity index (χ4v) is 4.68. The van der Waals surface area contributed by atoms with Crippen molar-refractivity contribution in [1.82, 2.24) is 9.62 Å². The first-order valence-electron chi connectivity index (χ1n) is 8.24. The minimum absolute atomic E-state index is 0.230. The van der Waals surface area contributed by atoms with Gasteiger partial charge >= 0.3 is 6.03 Å². The number of sulfonamides is 1. The molecule has 0 radical (unpaired) electrons. The van der Waals surface area contributed by atoms with Crippen LogP contribution >= 0.6 is 0 Å². The first kappa shape index (κ1) is 17.4. The molecule has 1 fully saturated rings. The predicted molar refractivity (Wildman–Crippen MR) is 96.8 cm³/mol. The SMILES string of the molecule is O=C(NC[C@@H]1CCCN1S(=O)(=O)c1ccccc1)Nc1ccccc1. The number of hydrogen-bond donors (Lipinski definition) is 2. The van der Waals surface area contributed by atoms with Crippen LogP contribution < -0.4 is 10.6 Å². The molecule has 0 saturated carbocycles. The van der Waals surface area contributed by atoms with Crippen LogP contribution in [-0.4, -0.2) is 37.9 Å². The van der Waals surface area contributed by atoms with E-state index in [1.54, 1.807) is 42.5 Å². The molecule has 3 rings (SSSR count). The van der Waals surface area contributed by atoms with E-state index in [1.165, 1.54) is 4.31 Å². The summed E-state index contributed by atoms with van der Waals surface area (Å²) in [4.78, 5) is 12.3. The molecule has 0 aliphatic carbocycles.